The second kappa shape index (κ2) is 34.2. The summed E-state index contributed by atoms with van der Waals surface area (Å²) >= 11 is 0. The number of aryl methyl sites for hydroxylation is 10. The summed E-state index contributed by atoms with van der Waals surface area (Å²) < 4.78 is 23.7. The van der Waals surface area contributed by atoms with Crippen molar-refractivity contribution in [2.75, 3.05) is 0 Å². The molecule has 0 amide bonds. The van der Waals surface area contributed by atoms with Crippen molar-refractivity contribution in [3.8, 4) is 39.5 Å². The van der Waals surface area contributed by atoms with E-state index >= 15 is 0 Å². The standard InChI is InChI=1S/C31H35N2.C29H31N2.C23H25N2.C21H19N2.C18H17N2/c1-20(2)17-23-12-10-13-24(18-21(3)4)30(23)28-19-32(6)31-29-22(5)11-9-15-26(29)25-14-7-8-16-27(25)33(28)31;1-18(2)21-13-10-14-22(19(3)4)28(21)26-17-30(6)29-27-20(5)11-9-15-24(27)23-12-7-8-16-25(23)31(26)29;1-14-9-7-10-15-16-11-8-12-17-20(16)25-18(23(4,5)22(17,2)3)13-24(6)21(25)19(14)15;1-16-10-6-8-14-19(16)23-20-15-9-7-13-18(20)21(22(23)2)17-11-4-3-5-12-17;1-12-7-6-9-15-14-8-4-5-10-16(14)20-11-13(2)19(3)18(20)17(12)15/h7-16,19-21H,17-18H2,1-6H3;7-19H,1-6H3;7-13H,1-6H3;3-15H,1-2H3;4-11H,1-3H3/q5*+1. The molecule has 1 aliphatic heterocycles. The lowest BCUT2D eigenvalue weighted by atomic mass is 9.61. The van der Waals surface area contributed by atoms with Gasteiger partial charge in [-0.05, 0) is 170 Å². The molecule has 13 aromatic carbocycles. The van der Waals surface area contributed by atoms with Gasteiger partial charge in [0.2, 0.25) is 5.69 Å². The molecular formula is C122H127N10+5. The van der Waals surface area contributed by atoms with E-state index in [2.05, 4.69) is 509 Å². The molecule has 9 aromatic heterocycles. The smallest absolute Gasteiger partial charge is 0.232 e. The summed E-state index contributed by atoms with van der Waals surface area (Å²) in [6.07, 6.45) is 11.4. The van der Waals surface area contributed by atoms with E-state index in [4.69, 9.17) is 0 Å². The maximum absolute atomic E-state index is 2.53. The molecule has 0 spiro atoms. The van der Waals surface area contributed by atoms with E-state index in [0.29, 0.717) is 23.7 Å². The summed E-state index contributed by atoms with van der Waals surface area (Å²) in [6.45, 7) is 41.3. The topological polar surface area (TPSA) is 42.7 Å². The van der Waals surface area contributed by atoms with E-state index in [1.807, 2.05) is 0 Å². The molecule has 10 heterocycles. The van der Waals surface area contributed by atoms with Gasteiger partial charge < -0.3 is 0 Å². The Morgan fingerprint density at radius 2 is 0.720 bits per heavy atom. The highest BCUT2D eigenvalue weighted by molar-refractivity contribution is 6.16. The highest BCUT2D eigenvalue weighted by atomic mass is 15.4. The Hall–Kier alpha value is -13.8. The van der Waals surface area contributed by atoms with Gasteiger partial charge in [-0.15, -0.1) is 9.36 Å². The Morgan fingerprint density at radius 3 is 1.24 bits per heavy atom. The van der Waals surface area contributed by atoms with Crippen molar-refractivity contribution in [2.24, 2.45) is 47.1 Å². The van der Waals surface area contributed by atoms with Crippen LogP contribution in [0.25, 0.3) is 160 Å². The number of pyridine rings is 4. The van der Waals surface area contributed by atoms with Gasteiger partial charge in [0.15, 0.2) is 24.1 Å². The fourth-order valence-electron chi connectivity index (χ4n) is 22.2. The highest BCUT2D eigenvalue weighted by Gasteiger charge is 2.50. The molecule has 0 saturated carbocycles. The second-order valence-electron chi connectivity index (χ2n) is 40.0. The molecule has 10 nitrogen and oxygen atoms in total. The summed E-state index contributed by atoms with van der Waals surface area (Å²) in [7, 11) is 10.9. The molecule has 1 aliphatic rings. The first kappa shape index (κ1) is 87.5. The molecule has 0 atom stereocenters. The number of aromatic nitrogens is 10. The molecular weight excluding hydrogens is 1610 g/mol. The zero-order chi connectivity index (χ0) is 92.5. The van der Waals surface area contributed by atoms with Gasteiger partial charge in [0.25, 0.3) is 22.6 Å². The van der Waals surface area contributed by atoms with Gasteiger partial charge in [0.05, 0.1) is 55.1 Å². The van der Waals surface area contributed by atoms with Crippen LogP contribution in [0.2, 0.25) is 0 Å². The van der Waals surface area contributed by atoms with E-state index in [1.54, 1.807) is 0 Å². The first-order chi connectivity index (χ1) is 63.5. The van der Waals surface area contributed by atoms with E-state index in [0.717, 1.165) is 12.8 Å². The minimum atomic E-state index is 0.0504. The third kappa shape index (κ3) is 14.3. The summed E-state index contributed by atoms with van der Waals surface area (Å²) in [6, 6.07) is 101. The molecule has 23 rings (SSSR count). The lowest BCUT2D eigenvalue weighted by Crippen LogP contribution is -2.44. The number of rotatable bonds is 10. The Labute approximate surface area is 777 Å². The molecule has 660 valence electrons. The van der Waals surface area contributed by atoms with Gasteiger partial charge >= 0.3 is 0 Å². The molecule has 0 bridgehead atoms. The lowest BCUT2D eigenvalue weighted by molar-refractivity contribution is -0.731. The molecule has 22 aromatic rings. The van der Waals surface area contributed by atoms with E-state index < -0.39 is 0 Å². The monoisotopic (exact) mass is 1730 g/mol. The lowest BCUT2D eigenvalue weighted by Gasteiger charge is -2.42. The van der Waals surface area contributed by atoms with Gasteiger partial charge in [0.1, 0.15) is 63.8 Å². The zero-order valence-electron chi connectivity index (χ0n) is 81.6. The van der Waals surface area contributed by atoms with Crippen molar-refractivity contribution < 1.29 is 22.8 Å². The fourth-order valence-corrected chi connectivity index (χ4v) is 22.2. The van der Waals surface area contributed by atoms with Crippen LogP contribution < -0.4 is 22.8 Å². The van der Waals surface area contributed by atoms with Gasteiger partial charge in [-0.25, -0.2) is 18.3 Å². The summed E-state index contributed by atoms with van der Waals surface area (Å²) in [5, 5.41) is 17.3. The van der Waals surface area contributed by atoms with Gasteiger partial charge in [-0.1, -0.05) is 314 Å². The first-order valence-electron chi connectivity index (χ1n) is 47.6. The molecule has 0 radical (unpaired) electrons. The third-order valence-electron chi connectivity index (χ3n) is 29.2. The Kier molecular flexibility index (Phi) is 22.6. The first-order valence-corrected chi connectivity index (χ1v) is 47.6. The number of fused-ring (bicyclic) bond motifs is 22. The van der Waals surface area contributed by atoms with Crippen LogP contribution in [-0.2, 0) is 58.9 Å². The third-order valence-corrected chi connectivity index (χ3v) is 29.2. The van der Waals surface area contributed by atoms with E-state index in [-0.39, 0.29) is 10.8 Å². The summed E-state index contributed by atoms with van der Waals surface area (Å²) in [4.78, 5) is 0. The number of para-hydroxylation sites is 6. The molecule has 0 fully saturated rings. The van der Waals surface area contributed by atoms with Gasteiger partial charge in [0, 0.05) is 83.1 Å². The van der Waals surface area contributed by atoms with Crippen LogP contribution in [0.3, 0.4) is 0 Å². The van der Waals surface area contributed by atoms with Crippen LogP contribution in [0.5, 0.6) is 0 Å². The maximum Gasteiger partial charge on any atom is 0.295 e. The van der Waals surface area contributed by atoms with Crippen LogP contribution in [0.15, 0.2) is 304 Å². The second-order valence-corrected chi connectivity index (χ2v) is 40.0. The Balaban J connectivity index is 0.000000108. The van der Waals surface area contributed by atoms with Crippen LogP contribution in [-0.4, -0.2) is 22.5 Å². The summed E-state index contributed by atoms with van der Waals surface area (Å²) in [5.74, 6) is 2.13. The van der Waals surface area contributed by atoms with Crippen molar-refractivity contribution >= 4 is 120 Å². The Morgan fingerprint density at radius 1 is 0.326 bits per heavy atom. The number of benzene rings is 13. The highest BCUT2D eigenvalue weighted by Crippen LogP contribution is 2.52. The van der Waals surface area contributed by atoms with Crippen LogP contribution >= 0.6 is 0 Å². The number of imidazole rings is 4. The molecule has 0 aliphatic carbocycles. The van der Waals surface area contributed by atoms with E-state index in [1.165, 1.54) is 227 Å². The largest absolute Gasteiger partial charge is 0.295 e. The maximum atomic E-state index is 2.53. The van der Waals surface area contributed by atoms with Crippen LogP contribution in [0.1, 0.15) is 162 Å². The van der Waals surface area contributed by atoms with Crippen molar-refractivity contribution in [2.45, 2.75) is 160 Å². The van der Waals surface area contributed by atoms with Crippen molar-refractivity contribution in [3.05, 3.63) is 371 Å². The van der Waals surface area contributed by atoms with Crippen molar-refractivity contribution in [1.29, 1.82) is 0 Å². The van der Waals surface area contributed by atoms with Crippen LogP contribution in [0, 0.1) is 53.4 Å². The molecule has 0 N–H and O–H groups in total. The molecule has 0 unspecified atom stereocenters. The normalized spacial score (nSPS) is 13.0. The minimum Gasteiger partial charge on any atom is -0.232 e. The van der Waals surface area contributed by atoms with Gasteiger partial charge in [-0.3, -0.25) is 0 Å². The fraction of sp³-hybridized carbons (Fsp3) is 0.254. The zero-order valence-corrected chi connectivity index (χ0v) is 81.6. The SMILES string of the molecule is Cc1cccc2c3cccc4c3n3c(c[n+](C)c3c12)C(C)(C)C4(C)C.Cc1cccc2c3ccccc3[n+]3cc(C)n(C)c3c12.Cc1cccc2c3ccccc3n3c(-c4c(C(C)C)cccc4C(C)C)c[n+](C)c3c12.Cc1cccc2c3ccccc3n3c(-c4c(CC(C)C)cccc4CC(C)C)c[n+](C)c3c12.Cc1ccccc1-n1c2ccccc2c(-c2ccccc2)[n+]1C. The average molecular weight is 1730 g/mol. The van der Waals surface area contributed by atoms with Crippen molar-refractivity contribution in [3.63, 3.8) is 0 Å². The average Bonchev–Trinajstić information content (AvgIpc) is 1.42. The quantitative estimate of drug-likeness (QED) is 0.0967. The number of hydrogen-bond acceptors (Lipinski definition) is 0. The van der Waals surface area contributed by atoms with Gasteiger partial charge in [-0.2, -0.15) is 17.6 Å². The predicted molar refractivity (Wildman–Crippen MR) is 555 cm³/mol. The molecule has 10 heteroatoms. The minimum absolute atomic E-state index is 0.0504. The summed E-state index contributed by atoms with van der Waals surface area (Å²) in [5.41, 5.74) is 37.2. The Bertz CT molecular complexity index is 8300. The predicted octanol–water partition coefficient (Wildman–Crippen LogP) is 27.8. The van der Waals surface area contributed by atoms with E-state index in [9.17, 15) is 0 Å². The van der Waals surface area contributed by atoms with Crippen molar-refractivity contribution in [1.82, 2.24) is 22.5 Å². The number of nitrogens with zero attached hydrogens (tertiary/aromatic N) is 10. The number of hydrogen-bond donors (Lipinski definition) is 0. The molecule has 132 heavy (non-hydrogen) atoms. The molecule has 0 saturated heterocycles. The van der Waals surface area contributed by atoms with Crippen LogP contribution in [0.4, 0.5) is 0 Å².